The van der Waals surface area contributed by atoms with Crippen LogP contribution in [0.1, 0.15) is 18.1 Å². The van der Waals surface area contributed by atoms with Gasteiger partial charge in [-0.15, -0.1) is 23.5 Å². The maximum atomic E-state index is 12.1. The number of nitrogens with one attached hydrogen (secondary N) is 1. The fraction of sp³-hybridized carbons (Fsp3) is 0.417. The predicted octanol–water partition coefficient (Wildman–Crippen LogP) is 2.83. The number of hydrogen-bond donors (Lipinski definition) is 1. The average molecular weight is 251 g/mol. The maximum Gasteiger partial charge on any atom is 0.255 e. The van der Waals surface area contributed by atoms with Crippen LogP contribution >= 0.6 is 23.5 Å². The summed E-state index contributed by atoms with van der Waals surface area (Å²) < 4.78 is -0.347. The van der Waals surface area contributed by atoms with E-state index >= 15 is 0 Å². The van der Waals surface area contributed by atoms with Crippen molar-refractivity contribution in [3.8, 4) is 0 Å². The van der Waals surface area contributed by atoms with Crippen molar-refractivity contribution in [2.24, 2.45) is 0 Å². The van der Waals surface area contributed by atoms with Gasteiger partial charge in [0.05, 0.1) is 0 Å². The van der Waals surface area contributed by atoms with E-state index in [0.717, 1.165) is 23.6 Å². The number of amides is 1. The van der Waals surface area contributed by atoms with Crippen molar-refractivity contribution >= 4 is 35.1 Å². The smallest absolute Gasteiger partial charge is 0.255 e. The van der Waals surface area contributed by atoms with Crippen molar-refractivity contribution in [2.45, 2.75) is 17.4 Å². The van der Waals surface area contributed by atoms with Crippen molar-refractivity contribution in [3.05, 3.63) is 29.3 Å². The lowest BCUT2D eigenvalue weighted by Crippen LogP contribution is -2.24. The van der Waals surface area contributed by atoms with Gasteiger partial charge in [0.25, 0.3) is 5.91 Å². The van der Waals surface area contributed by atoms with Crippen LogP contribution in [0.25, 0.3) is 0 Å². The summed E-state index contributed by atoms with van der Waals surface area (Å²) in [5, 5.41) is 3.00. The number of carbonyl (C=O) groups excluding carboxylic acids is 1. The maximum absolute atomic E-state index is 12.1. The Morgan fingerprint density at radius 2 is 2.12 bits per heavy atom. The first-order chi connectivity index (χ1) is 7.76. The highest BCUT2D eigenvalue weighted by Crippen LogP contribution is 2.57. The molecule has 1 fully saturated rings. The molecular formula is C12H13NOS2. The van der Waals surface area contributed by atoms with Gasteiger partial charge in [0, 0.05) is 22.8 Å². The summed E-state index contributed by atoms with van der Waals surface area (Å²) in [6.45, 7) is 2.15. The molecule has 1 saturated heterocycles. The molecule has 0 bridgehead atoms. The molecule has 0 atom stereocenters. The van der Waals surface area contributed by atoms with Crippen molar-refractivity contribution in [1.29, 1.82) is 0 Å². The normalized spacial score (nSPS) is 21.2. The Bertz CT molecular complexity index is 452. The number of fused-ring (bicyclic) bond motifs is 2. The van der Waals surface area contributed by atoms with Crippen molar-refractivity contribution in [3.63, 3.8) is 0 Å². The Morgan fingerprint density at radius 1 is 1.38 bits per heavy atom. The molecule has 0 radical (unpaired) electrons. The molecule has 0 aromatic heterocycles. The molecule has 0 aliphatic carbocycles. The summed E-state index contributed by atoms with van der Waals surface area (Å²) in [7, 11) is 0. The number of anilines is 1. The highest BCUT2D eigenvalue weighted by Gasteiger charge is 2.50. The van der Waals surface area contributed by atoms with Crippen molar-refractivity contribution < 1.29 is 4.79 Å². The first kappa shape index (κ1) is 10.5. The largest absolute Gasteiger partial charge is 0.323 e. The highest BCUT2D eigenvalue weighted by molar-refractivity contribution is 8.21. The second kappa shape index (κ2) is 3.70. The van der Waals surface area contributed by atoms with Crippen molar-refractivity contribution in [1.82, 2.24) is 0 Å². The molecule has 2 nitrogen and oxygen atoms in total. The molecule has 0 saturated carbocycles. The van der Waals surface area contributed by atoms with Crippen LogP contribution in [0.2, 0.25) is 0 Å². The summed E-state index contributed by atoms with van der Waals surface area (Å²) in [4.78, 5) is 12.1. The third kappa shape index (κ3) is 1.32. The molecule has 1 spiro atoms. The van der Waals surface area contributed by atoms with Crippen LogP contribution in [0.4, 0.5) is 5.69 Å². The Hall–Kier alpha value is -0.610. The second-order valence-electron chi connectivity index (χ2n) is 4.00. The lowest BCUT2D eigenvalue weighted by molar-refractivity contribution is -0.116. The summed E-state index contributed by atoms with van der Waals surface area (Å²) >= 11 is 3.55. The van der Waals surface area contributed by atoms with E-state index in [1.54, 1.807) is 23.5 Å². The predicted molar refractivity (Wildman–Crippen MR) is 71.0 cm³/mol. The molecule has 1 aromatic rings. The Morgan fingerprint density at radius 3 is 2.81 bits per heavy atom. The molecule has 84 valence electrons. The van der Waals surface area contributed by atoms with E-state index in [9.17, 15) is 4.79 Å². The zero-order valence-corrected chi connectivity index (χ0v) is 10.7. The van der Waals surface area contributed by atoms with Crippen LogP contribution in [0, 0.1) is 0 Å². The fourth-order valence-electron chi connectivity index (χ4n) is 2.22. The number of hydrogen-bond acceptors (Lipinski definition) is 3. The number of carbonyl (C=O) groups is 1. The number of thioether (sulfide) groups is 2. The van der Waals surface area contributed by atoms with E-state index in [4.69, 9.17) is 0 Å². The third-order valence-electron chi connectivity index (χ3n) is 3.09. The molecule has 1 amide bonds. The SMILES string of the molecule is CCc1ccc2c(c1)C1(SCCS1)C(=O)N2. The molecule has 1 N–H and O–H groups in total. The monoisotopic (exact) mass is 251 g/mol. The molecule has 3 rings (SSSR count). The fourth-order valence-corrected chi connectivity index (χ4v) is 5.31. The van der Waals surface area contributed by atoms with E-state index in [1.165, 1.54) is 11.1 Å². The second-order valence-corrected chi connectivity index (χ2v) is 6.88. The third-order valence-corrected chi connectivity index (χ3v) is 6.49. The van der Waals surface area contributed by atoms with Crippen LogP contribution < -0.4 is 5.32 Å². The molecule has 0 unspecified atom stereocenters. The molecule has 1 aromatic carbocycles. The molecular weight excluding hydrogens is 238 g/mol. The van der Waals surface area contributed by atoms with Crippen LogP contribution in [0.15, 0.2) is 18.2 Å². The van der Waals surface area contributed by atoms with Gasteiger partial charge in [-0.25, -0.2) is 0 Å². The number of rotatable bonds is 1. The van der Waals surface area contributed by atoms with Gasteiger partial charge >= 0.3 is 0 Å². The van der Waals surface area contributed by atoms with Gasteiger partial charge in [-0.1, -0.05) is 19.1 Å². The standard InChI is InChI=1S/C12H13NOS2/c1-2-8-3-4-10-9(7-8)12(11(14)13-10)15-5-6-16-12/h3-4,7H,2,5-6H2,1H3,(H,13,14). The van der Waals surface area contributed by atoms with Gasteiger partial charge < -0.3 is 5.32 Å². The lowest BCUT2D eigenvalue weighted by atomic mass is 10.1. The van der Waals surface area contributed by atoms with E-state index in [2.05, 4.69) is 24.4 Å². The highest BCUT2D eigenvalue weighted by atomic mass is 32.2. The van der Waals surface area contributed by atoms with Crippen LogP contribution in [0.3, 0.4) is 0 Å². The lowest BCUT2D eigenvalue weighted by Gasteiger charge is -2.19. The summed E-state index contributed by atoms with van der Waals surface area (Å²) in [6, 6.07) is 6.33. The van der Waals surface area contributed by atoms with Crippen LogP contribution in [-0.2, 0) is 15.3 Å². The van der Waals surface area contributed by atoms with Gasteiger partial charge in [0.2, 0.25) is 0 Å². The van der Waals surface area contributed by atoms with E-state index in [-0.39, 0.29) is 9.99 Å². The average Bonchev–Trinajstić information content (AvgIpc) is 2.88. The minimum Gasteiger partial charge on any atom is -0.323 e. The van der Waals surface area contributed by atoms with E-state index < -0.39 is 0 Å². The van der Waals surface area contributed by atoms with Crippen LogP contribution in [0.5, 0.6) is 0 Å². The van der Waals surface area contributed by atoms with Gasteiger partial charge in [-0.05, 0) is 18.1 Å². The summed E-state index contributed by atoms with van der Waals surface area (Å²) in [5.74, 6) is 2.28. The number of benzene rings is 1. The summed E-state index contributed by atoms with van der Waals surface area (Å²) in [6.07, 6.45) is 1.02. The molecule has 4 heteroatoms. The van der Waals surface area contributed by atoms with Gasteiger partial charge in [-0.3, -0.25) is 4.79 Å². The van der Waals surface area contributed by atoms with Crippen molar-refractivity contribution in [2.75, 3.05) is 16.8 Å². The first-order valence-corrected chi connectivity index (χ1v) is 7.46. The minimum absolute atomic E-state index is 0.156. The Balaban J connectivity index is 2.14. The van der Waals surface area contributed by atoms with Gasteiger partial charge in [0.1, 0.15) is 0 Å². The van der Waals surface area contributed by atoms with E-state index in [1.807, 2.05) is 6.07 Å². The molecule has 2 aliphatic rings. The van der Waals surface area contributed by atoms with Gasteiger partial charge in [0.15, 0.2) is 4.08 Å². The van der Waals surface area contributed by atoms with Gasteiger partial charge in [-0.2, -0.15) is 0 Å². The minimum atomic E-state index is -0.347. The molecule has 16 heavy (non-hydrogen) atoms. The topological polar surface area (TPSA) is 29.1 Å². The molecule has 2 heterocycles. The molecule has 2 aliphatic heterocycles. The zero-order valence-electron chi connectivity index (χ0n) is 9.08. The van der Waals surface area contributed by atoms with E-state index in [0.29, 0.717) is 0 Å². The zero-order chi connectivity index (χ0) is 11.2. The number of aryl methyl sites for hydroxylation is 1. The Labute approximate surface area is 104 Å². The Kier molecular flexibility index (Phi) is 2.44. The summed E-state index contributed by atoms with van der Waals surface area (Å²) in [5.41, 5.74) is 3.50. The quantitative estimate of drug-likeness (QED) is 0.832. The first-order valence-electron chi connectivity index (χ1n) is 5.49. The van der Waals surface area contributed by atoms with Crippen LogP contribution in [-0.4, -0.2) is 17.4 Å².